The molecule has 100 valence electrons. The van der Waals surface area contributed by atoms with Crippen LogP contribution in [0.2, 0.25) is 0 Å². The van der Waals surface area contributed by atoms with Crippen LogP contribution in [0.4, 0.5) is 17.1 Å². The van der Waals surface area contributed by atoms with Gasteiger partial charge in [-0.25, -0.2) is 0 Å². The molecule has 0 radical (unpaired) electrons. The highest BCUT2D eigenvalue weighted by molar-refractivity contribution is 6.04. The van der Waals surface area contributed by atoms with Gasteiger partial charge in [0.05, 0.1) is 16.5 Å². The predicted molar refractivity (Wildman–Crippen MR) is 67.2 cm³/mol. The third-order valence-electron chi connectivity index (χ3n) is 3.04. The van der Waals surface area contributed by atoms with Gasteiger partial charge in [0.1, 0.15) is 5.69 Å². The van der Waals surface area contributed by atoms with E-state index < -0.39 is 22.7 Å². The van der Waals surface area contributed by atoms with E-state index in [-0.39, 0.29) is 30.0 Å². The number of rotatable bonds is 3. The van der Waals surface area contributed by atoms with E-state index in [1.54, 1.807) is 0 Å². The Balaban J connectivity index is 2.45. The van der Waals surface area contributed by atoms with Gasteiger partial charge in [0.15, 0.2) is 0 Å². The number of nitrogens with zero attached hydrogens (tertiary/aromatic N) is 2. The third kappa shape index (κ3) is 2.19. The normalized spacial score (nSPS) is 18.6. The molecule has 0 aromatic heterocycles. The molecule has 4 N–H and O–H groups in total. The zero-order valence-corrected chi connectivity index (χ0v) is 9.91. The highest BCUT2D eigenvalue weighted by Gasteiger charge is 2.37. The number of nitro groups is 1. The van der Waals surface area contributed by atoms with Crippen LogP contribution in [0.5, 0.6) is 0 Å². The summed E-state index contributed by atoms with van der Waals surface area (Å²) < 4.78 is 0. The Morgan fingerprint density at radius 1 is 1.47 bits per heavy atom. The summed E-state index contributed by atoms with van der Waals surface area (Å²) in [5.74, 6) is -1.65. The van der Waals surface area contributed by atoms with Crippen molar-refractivity contribution in [2.45, 2.75) is 6.42 Å². The lowest BCUT2D eigenvalue weighted by Gasteiger charge is -2.18. The lowest BCUT2D eigenvalue weighted by atomic mass is 10.1. The second kappa shape index (κ2) is 4.56. The summed E-state index contributed by atoms with van der Waals surface area (Å²) in [6.45, 7) is 0.0171. The van der Waals surface area contributed by atoms with Crippen LogP contribution < -0.4 is 16.4 Å². The van der Waals surface area contributed by atoms with E-state index >= 15 is 0 Å². The Kier molecular flexibility index (Phi) is 3.07. The second-order valence-corrected chi connectivity index (χ2v) is 4.28. The summed E-state index contributed by atoms with van der Waals surface area (Å²) in [6, 6.07) is 4.16. The average Bonchev–Trinajstić information content (AvgIpc) is 2.71. The lowest BCUT2D eigenvalue weighted by Crippen LogP contribution is -2.29. The fourth-order valence-corrected chi connectivity index (χ4v) is 2.10. The van der Waals surface area contributed by atoms with Crippen molar-refractivity contribution >= 4 is 28.9 Å². The first-order chi connectivity index (χ1) is 8.91. The molecule has 8 heteroatoms. The molecule has 1 fully saturated rings. The van der Waals surface area contributed by atoms with Crippen molar-refractivity contribution in [1.82, 2.24) is 0 Å². The fourth-order valence-electron chi connectivity index (χ4n) is 2.10. The van der Waals surface area contributed by atoms with Crippen molar-refractivity contribution in [2.24, 2.45) is 11.7 Å². The number of carbonyl (C=O) groups excluding carboxylic acids is 2. The molecule has 1 aliphatic heterocycles. The third-order valence-corrected chi connectivity index (χ3v) is 3.04. The Morgan fingerprint density at radius 2 is 2.16 bits per heavy atom. The van der Waals surface area contributed by atoms with Crippen LogP contribution in [0.15, 0.2) is 18.2 Å². The van der Waals surface area contributed by atoms with E-state index in [1.807, 2.05) is 0 Å². The van der Waals surface area contributed by atoms with Gasteiger partial charge in [-0.1, -0.05) is 6.07 Å². The SMILES string of the molecule is NC(=O)C1CC(=O)N(c2c(N)cccc2[N+](=O)[O-])C1. The van der Waals surface area contributed by atoms with Crippen LogP contribution in [-0.4, -0.2) is 23.3 Å². The number of hydrogen-bond donors (Lipinski definition) is 2. The highest BCUT2D eigenvalue weighted by atomic mass is 16.6. The minimum absolute atomic E-state index is 0.0171. The summed E-state index contributed by atoms with van der Waals surface area (Å²) in [7, 11) is 0. The number of nitrogens with two attached hydrogens (primary N) is 2. The van der Waals surface area contributed by atoms with Crippen LogP contribution in [0.3, 0.4) is 0 Å². The van der Waals surface area contributed by atoms with Crippen LogP contribution >= 0.6 is 0 Å². The van der Waals surface area contributed by atoms with Crippen LogP contribution in [0.1, 0.15) is 6.42 Å². The Morgan fingerprint density at radius 3 is 2.68 bits per heavy atom. The summed E-state index contributed by atoms with van der Waals surface area (Å²) in [5, 5.41) is 11.0. The molecule has 19 heavy (non-hydrogen) atoms. The standard InChI is InChI=1S/C11H12N4O4/c12-7-2-1-3-8(15(18)19)10(7)14-5-6(11(13)17)4-9(14)16/h1-3,6H,4-5,12H2,(H2,13,17). The number of nitro benzene ring substituents is 1. The molecule has 0 aliphatic carbocycles. The van der Waals surface area contributed by atoms with Crippen molar-refractivity contribution in [2.75, 3.05) is 17.2 Å². The first kappa shape index (κ1) is 12.8. The summed E-state index contributed by atoms with van der Waals surface area (Å²) in [4.78, 5) is 34.5. The van der Waals surface area contributed by atoms with Gasteiger partial charge in [0, 0.05) is 19.0 Å². The van der Waals surface area contributed by atoms with E-state index in [2.05, 4.69) is 0 Å². The molecular weight excluding hydrogens is 252 g/mol. The maximum Gasteiger partial charge on any atom is 0.295 e. The van der Waals surface area contributed by atoms with Crippen LogP contribution in [0, 0.1) is 16.0 Å². The van der Waals surface area contributed by atoms with Gasteiger partial charge in [-0.05, 0) is 6.07 Å². The van der Waals surface area contributed by atoms with E-state index in [4.69, 9.17) is 11.5 Å². The van der Waals surface area contributed by atoms with Crippen LogP contribution in [0.25, 0.3) is 0 Å². The minimum Gasteiger partial charge on any atom is -0.397 e. The minimum atomic E-state index is -0.647. The van der Waals surface area contributed by atoms with Gasteiger partial charge in [-0.15, -0.1) is 0 Å². The van der Waals surface area contributed by atoms with Crippen molar-refractivity contribution in [1.29, 1.82) is 0 Å². The molecule has 0 saturated carbocycles. The van der Waals surface area contributed by atoms with Gasteiger partial charge in [-0.3, -0.25) is 19.7 Å². The fraction of sp³-hybridized carbons (Fsp3) is 0.273. The molecule has 1 saturated heterocycles. The molecule has 1 atom stereocenters. The monoisotopic (exact) mass is 264 g/mol. The zero-order chi connectivity index (χ0) is 14.2. The van der Waals surface area contributed by atoms with Gasteiger partial charge in [-0.2, -0.15) is 0 Å². The topological polar surface area (TPSA) is 133 Å². The molecule has 2 rings (SSSR count). The summed E-state index contributed by atoms with van der Waals surface area (Å²) >= 11 is 0. The summed E-state index contributed by atoms with van der Waals surface area (Å²) in [5.41, 5.74) is 10.7. The molecule has 1 aromatic carbocycles. The highest BCUT2D eigenvalue weighted by Crippen LogP contribution is 2.37. The van der Waals surface area contributed by atoms with E-state index in [0.29, 0.717) is 0 Å². The Bertz CT molecular complexity index is 572. The van der Waals surface area contributed by atoms with Crippen molar-refractivity contribution in [3.63, 3.8) is 0 Å². The first-order valence-electron chi connectivity index (χ1n) is 5.54. The molecule has 2 amide bonds. The van der Waals surface area contributed by atoms with E-state index in [0.717, 1.165) is 4.90 Å². The van der Waals surface area contributed by atoms with E-state index in [9.17, 15) is 19.7 Å². The number of anilines is 2. The number of amides is 2. The smallest absolute Gasteiger partial charge is 0.295 e. The van der Waals surface area contributed by atoms with Crippen molar-refractivity contribution in [3.05, 3.63) is 28.3 Å². The number of carbonyl (C=O) groups is 2. The molecular formula is C11H12N4O4. The molecule has 1 unspecified atom stereocenters. The molecule has 1 aromatic rings. The molecule has 0 spiro atoms. The quantitative estimate of drug-likeness (QED) is 0.451. The van der Waals surface area contributed by atoms with Crippen molar-refractivity contribution in [3.8, 4) is 0 Å². The maximum absolute atomic E-state index is 11.9. The molecule has 1 aliphatic rings. The Hall–Kier alpha value is -2.64. The lowest BCUT2D eigenvalue weighted by molar-refractivity contribution is -0.384. The van der Waals surface area contributed by atoms with Gasteiger partial charge in [0.2, 0.25) is 11.8 Å². The largest absolute Gasteiger partial charge is 0.397 e. The number of primary amides is 1. The van der Waals surface area contributed by atoms with Crippen LogP contribution in [-0.2, 0) is 9.59 Å². The molecule has 8 nitrogen and oxygen atoms in total. The Labute approximate surface area is 108 Å². The van der Waals surface area contributed by atoms with Gasteiger partial charge < -0.3 is 16.4 Å². The van der Waals surface area contributed by atoms with Gasteiger partial charge in [0.25, 0.3) is 5.69 Å². The maximum atomic E-state index is 11.9. The summed E-state index contributed by atoms with van der Waals surface area (Å²) in [6.07, 6.45) is -0.0547. The second-order valence-electron chi connectivity index (χ2n) is 4.28. The van der Waals surface area contributed by atoms with E-state index in [1.165, 1.54) is 18.2 Å². The molecule has 0 bridgehead atoms. The first-order valence-corrected chi connectivity index (χ1v) is 5.54. The number of nitrogen functional groups attached to an aromatic ring is 1. The predicted octanol–water partition coefficient (Wildman–Crippen LogP) is 0.0152. The average molecular weight is 264 g/mol. The number of benzene rings is 1. The number of para-hydroxylation sites is 1. The van der Waals surface area contributed by atoms with Gasteiger partial charge >= 0.3 is 0 Å². The molecule has 1 heterocycles. The zero-order valence-electron chi connectivity index (χ0n) is 9.91. The number of hydrogen-bond acceptors (Lipinski definition) is 5. The van der Waals surface area contributed by atoms with Crippen molar-refractivity contribution < 1.29 is 14.5 Å².